The van der Waals surface area contributed by atoms with Crippen molar-refractivity contribution in [2.24, 2.45) is 17.3 Å². The van der Waals surface area contributed by atoms with Crippen molar-refractivity contribution >= 4 is 5.91 Å². The van der Waals surface area contributed by atoms with Crippen LogP contribution in [0, 0.1) is 17.3 Å². The smallest absolute Gasteiger partial charge is 0.225 e. The summed E-state index contributed by atoms with van der Waals surface area (Å²) in [5.74, 6) is 1.35. The normalized spacial score (nSPS) is 34.5. The minimum Gasteiger partial charge on any atom is -0.342 e. The van der Waals surface area contributed by atoms with Gasteiger partial charge in [-0.2, -0.15) is 0 Å². The van der Waals surface area contributed by atoms with Crippen molar-refractivity contribution in [3.05, 3.63) is 0 Å². The Morgan fingerprint density at radius 2 is 2.00 bits per heavy atom. The molecule has 0 bridgehead atoms. The predicted molar refractivity (Wildman–Crippen MR) is 47.9 cm³/mol. The number of amides is 1. The Balaban J connectivity index is 1.87. The number of carbonyl (C=O) groups excluding carboxylic acids is 1. The van der Waals surface area contributed by atoms with Gasteiger partial charge in [0.1, 0.15) is 0 Å². The fourth-order valence-electron chi connectivity index (χ4n) is 2.57. The van der Waals surface area contributed by atoms with Gasteiger partial charge in [0.25, 0.3) is 0 Å². The van der Waals surface area contributed by atoms with Gasteiger partial charge < -0.3 is 4.90 Å². The molecule has 1 saturated heterocycles. The summed E-state index contributed by atoms with van der Waals surface area (Å²) < 4.78 is 11.9. The van der Waals surface area contributed by atoms with E-state index in [1.165, 1.54) is 0 Å². The average molecular weight is 185 g/mol. The van der Waals surface area contributed by atoms with Gasteiger partial charge >= 0.3 is 0 Å². The van der Waals surface area contributed by atoms with Crippen molar-refractivity contribution in [2.75, 3.05) is 19.8 Å². The van der Waals surface area contributed by atoms with Crippen LogP contribution in [0.15, 0.2) is 0 Å². The maximum absolute atomic E-state index is 11.9. The molecule has 1 heterocycles. The maximum Gasteiger partial charge on any atom is 0.225 e. The van der Waals surface area contributed by atoms with E-state index in [-0.39, 0.29) is 12.3 Å². The molecule has 1 saturated carbocycles. The zero-order valence-electron chi connectivity index (χ0n) is 8.22. The first-order valence-electron chi connectivity index (χ1n) is 4.91. The number of piperidine rings is 1. The molecular weight excluding hydrogens is 169 g/mol. The first kappa shape index (κ1) is 8.97. The molecule has 2 fully saturated rings. The molecule has 2 nitrogen and oxygen atoms in total. The van der Waals surface area contributed by atoms with Crippen molar-refractivity contribution < 1.29 is 9.18 Å². The Hall–Kier alpha value is -0.600. The fourth-order valence-corrected chi connectivity index (χ4v) is 2.57. The van der Waals surface area contributed by atoms with Gasteiger partial charge in [-0.05, 0) is 17.3 Å². The average Bonchev–Trinajstić information content (AvgIpc) is 2.53. The quantitative estimate of drug-likeness (QED) is 0.637. The second-order valence-electron chi connectivity index (χ2n) is 4.77. The summed E-state index contributed by atoms with van der Waals surface area (Å²) in [6.07, 6.45) is 0.0693. The Kier molecular flexibility index (Phi) is 1.86. The minimum absolute atomic E-state index is 0.00880. The molecule has 1 aliphatic heterocycles. The van der Waals surface area contributed by atoms with Crippen molar-refractivity contribution in [3.8, 4) is 0 Å². The van der Waals surface area contributed by atoms with Gasteiger partial charge in [-0.3, -0.25) is 9.18 Å². The number of nitrogens with zero attached hydrogens (tertiary/aromatic N) is 1. The Morgan fingerprint density at radius 1 is 1.46 bits per heavy atom. The molecule has 2 aliphatic rings. The van der Waals surface area contributed by atoms with E-state index >= 15 is 0 Å². The number of hydrogen-bond acceptors (Lipinski definition) is 1. The van der Waals surface area contributed by atoms with E-state index in [0.717, 1.165) is 13.1 Å². The Labute approximate surface area is 78.1 Å². The second-order valence-corrected chi connectivity index (χ2v) is 4.77. The number of fused-ring (bicyclic) bond motifs is 1. The van der Waals surface area contributed by atoms with Crippen LogP contribution in [0.3, 0.4) is 0 Å². The lowest BCUT2D eigenvalue weighted by atomic mass is 10.1. The topological polar surface area (TPSA) is 20.3 Å². The van der Waals surface area contributed by atoms with E-state index in [9.17, 15) is 9.18 Å². The molecular formula is C10H16FNO. The van der Waals surface area contributed by atoms with E-state index in [4.69, 9.17) is 0 Å². The lowest BCUT2D eigenvalue weighted by molar-refractivity contribution is -0.131. The summed E-state index contributed by atoms with van der Waals surface area (Å²) in [5, 5.41) is 0. The summed E-state index contributed by atoms with van der Waals surface area (Å²) >= 11 is 0. The van der Waals surface area contributed by atoms with Crippen molar-refractivity contribution in [2.45, 2.75) is 20.3 Å². The standard InChI is InChI=1S/C10H16FNO/c1-10(2)7-5-12(6-8(7)10)9(13)3-4-11/h7-8H,3-6H2,1-2H3. The monoisotopic (exact) mass is 185 g/mol. The lowest BCUT2D eigenvalue weighted by Crippen LogP contribution is -2.32. The highest BCUT2D eigenvalue weighted by atomic mass is 19.1. The van der Waals surface area contributed by atoms with Crippen LogP contribution in [0.2, 0.25) is 0 Å². The van der Waals surface area contributed by atoms with Gasteiger partial charge in [-0.25, -0.2) is 0 Å². The van der Waals surface area contributed by atoms with Gasteiger partial charge in [0, 0.05) is 13.1 Å². The molecule has 2 unspecified atom stereocenters. The summed E-state index contributed by atoms with van der Waals surface area (Å²) in [7, 11) is 0. The lowest BCUT2D eigenvalue weighted by Gasteiger charge is -2.21. The van der Waals surface area contributed by atoms with E-state index < -0.39 is 6.67 Å². The van der Waals surface area contributed by atoms with Crippen molar-refractivity contribution in [3.63, 3.8) is 0 Å². The summed E-state index contributed by atoms with van der Waals surface area (Å²) in [6.45, 7) is 5.69. The van der Waals surface area contributed by atoms with Gasteiger partial charge in [0.2, 0.25) is 5.91 Å². The van der Waals surface area contributed by atoms with E-state index in [2.05, 4.69) is 13.8 Å². The minimum atomic E-state index is -0.520. The first-order chi connectivity index (χ1) is 6.07. The van der Waals surface area contributed by atoms with Crippen molar-refractivity contribution in [1.82, 2.24) is 4.90 Å². The number of halogens is 1. The van der Waals surface area contributed by atoms with Crippen LogP contribution in [0.4, 0.5) is 4.39 Å². The van der Waals surface area contributed by atoms with Crippen LogP contribution < -0.4 is 0 Å². The molecule has 0 spiro atoms. The number of rotatable bonds is 2. The number of hydrogen-bond donors (Lipinski definition) is 0. The number of carbonyl (C=O) groups is 1. The molecule has 1 aliphatic carbocycles. The molecule has 1 amide bonds. The van der Waals surface area contributed by atoms with Crippen LogP contribution in [0.25, 0.3) is 0 Å². The molecule has 0 aromatic heterocycles. The predicted octanol–water partition coefficient (Wildman–Crippen LogP) is 1.46. The Bertz CT molecular complexity index is 225. The highest BCUT2D eigenvalue weighted by molar-refractivity contribution is 5.76. The van der Waals surface area contributed by atoms with Crippen molar-refractivity contribution in [1.29, 1.82) is 0 Å². The van der Waals surface area contributed by atoms with Crippen LogP contribution in [0.1, 0.15) is 20.3 Å². The largest absolute Gasteiger partial charge is 0.342 e. The van der Waals surface area contributed by atoms with E-state index in [0.29, 0.717) is 17.3 Å². The summed E-state index contributed by atoms with van der Waals surface area (Å²) in [5.41, 5.74) is 0.437. The number of alkyl halides is 1. The summed E-state index contributed by atoms with van der Waals surface area (Å²) in [4.78, 5) is 13.1. The van der Waals surface area contributed by atoms with Crippen LogP contribution >= 0.6 is 0 Å². The Morgan fingerprint density at radius 3 is 2.46 bits per heavy atom. The van der Waals surface area contributed by atoms with Gasteiger partial charge in [0.05, 0.1) is 13.1 Å². The third kappa shape index (κ3) is 1.25. The second kappa shape index (κ2) is 2.69. The van der Waals surface area contributed by atoms with Gasteiger partial charge in [-0.15, -0.1) is 0 Å². The molecule has 0 aromatic carbocycles. The SMILES string of the molecule is CC1(C)C2CN(C(=O)CCF)CC21. The molecule has 3 heteroatoms. The first-order valence-corrected chi connectivity index (χ1v) is 4.91. The third-order valence-electron chi connectivity index (χ3n) is 3.78. The van der Waals surface area contributed by atoms with Gasteiger partial charge in [-0.1, -0.05) is 13.8 Å². The molecule has 2 rings (SSSR count). The summed E-state index contributed by atoms with van der Waals surface area (Å²) in [6, 6.07) is 0. The maximum atomic E-state index is 11.9. The van der Waals surface area contributed by atoms with E-state index in [1.54, 1.807) is 0 Å². The molecule has 2 atom stereocenters. The zero-order chi connectivity index (χ0) is 9.64. The highest BCUT2D eigenvalue weighted by Crippen LogP contribution is 2.61. The zero-order valence-corrected chi connectivity index (χ0v) is 8.22. The van der Waals surface area contributed by atoms with Crippen LogP contribution in [0.5, 0.6) is 0 Å². The van der Waals surface area contributed by atoms with Crippen LogP contribution in [-0.2, 0) is 4.79 Å². The fraction of sp³-hybridized carbons (Fsp3) is 0.900. The molecule has 0 N–H and O–H groups in total. The third-order valence-corrected chi connectivity index (χ3v) is 3.78. The molecule has 0 aromatic rings. The molecule has 0 radical (unpaired) electrons. The highest BCUT2D eigenvalue weighted by Gasteiger charge is 2.62. The van der Waals surface area contributed by atoms with Crippen LogP contribution in [-0.4, -0.2) is 30.6 Å². The molecule has 74 valence electrons. The number of likely N-dealkylation sites (tertiary alicyclic amines) is 1. The van der Waals surface area contributed by atoms with E-state index in [1.807, 2.05) is 4.90 Å². The van der Waals surface area contributed by atoms with Gasteiger partial charge in [0.15, 0.2) is 0 Å². The molecule has 13 heavy (non-hydrogen) atoms.